The molecule has 0 atom stereocenters. The number of hydrogen-bond acceptors (Lipinski definition) is 2. The molecule has 1 aromatic rings. The van der Waals surface area contributed by atoms with E-state index in [2.05, 4.69) is 0 Å². The van der Waals surface area contributed by atoms with Gasteiger partial charge in [-0.3, -0.25) is 0 Å². The first kappa shape index (κ1) is 9.90. The Morgan fingerprint density at radius 3 is 2.31 bits per heavy atom. The van der Waals surface area contributed by atoms with Gasteiger partial charge in [0.1, 0.15) is 17.1 Å². The summed E-state index contributed by atoms with van der Waals surface area (Å²) in [6, 6.07) is 5.12. The summed E-state index contributed by atoms with van der Waals surface area (Å²) in [4.78, 5) is 0. The molecule has 0 aliphatic carbocycles. The van der Waals surface area contributed by atoms with Crippen LogP contribution in [0.3, 0.4) is 0 Å². The van der Waals surface area contributed by atoms with E-state index >= 15 is 0 Å². The molecule has 0 aliphatic heterocycles. The van der Waals surface area contributed by atoms with Crippen molar-refractivity contribution in [3.05, 3.63) is 23.8 Å². The molecule has 2 heteroatoms. The fourth-order valence-corrected chi connectivity index (χ4v) is 1.08. The number of phenolic OH excluding ortho intramolecular Hbond substituents is 1. The van der Waals surface area contributed by atoms with E-state index in [-0.39, 0.29) is 11.4 Å². The van der Waals surface area contributed by atoms with Gasteiger partial charge in [-0.1, -0.05) is 0 Å². The highest BCUT2D eigenvalue weighted by Gasteiger charge is 2.13. The molecular weight excluding hydrogens is 164 g/mol. The maximum atomic E-state index is 9.18. The van der Waals surface area contributed by atoms with Crippen LogP contribution in [-0.2, 0) is 0 Å². The molecule has 72 valence electrons. The molecule has 2 nitrogen and oxygen atoms in total. The molecule has 0 amide bonds. The molecule has 0 spiro atoms. The number of ether oxygens (including phenoxy) is 1. The van der Waals surface area contributed by atoms with E-state index in [1.807, 2.05) is 27.7 Å². The number of aromatic hydroxyl groups is 1. The lowest BCUT2D eigenvalue weighted by Crippen LogP contribution is -2.23. The van der Waals surface area contributed by atoms with E-state index in [0.29, 0.717) is 0 Å². The van der Waals surface area contributed by atoms with Crippen LogP contribution in [0.1, 0.15) is 26.3 Å². The zero-order valence-electron chi connectivity index (χ0n) is 8.59. The third-order valence-corrected chi connectivity index (χ3v) is 1.57. The van der Waals surface area contributed by atoms with E-state index < -0.39 is 0 Å². The van der Waals surface area contributed by atoms with Gasteiger partial charge in [0, 0.05) is 0 Å². The molecule has 0 saturated carbocycles. The Kier molecular flexibility index (Phi) is 2.50. The van der Waals surface area contributed by atoms with Crippen LogP contribution in [0.25, 0.3) is 0 Å². The van der Waals surface area contributed by atoms with Gasteiger partial charge < -0.3 is 9.84 Å². The predicted octanol–water partition coefficient (Wildman–Crippen LogP) is 2.88. The largest absolute Gasteiger partial charge is 0.508 e. The average Bonchev–Trinajstić information content (AvgIpc) is 1.93. The topological polar surface area (TPSA) is 29.5 Å². The summed E-state index contributed by atoms with van der Waals surface area (Å²) >= 11 is 0. The molecule has 0 aliphatic rings. The zero-order valence-corrected chi connectivity index (χ0v) is 8.59. The Bertz CT molecular complexity index is 297. The summed E-state index contributed by atoms with van der Waals surface area (Å²) in [5.74, 6) is 1.10. The Labute approximate surface area is 79.2 Å². The first-order valence-electron chi connectivity index (χ1n) is 4.37. The highest BCUT2D eigenvalue weighted by atomic mass is 16.5. The Hall–Kier alpha value is -1.18. The third-order valence-electron chi connectivity index (χ3n) is 1.57. The molecule has 0 unspecified atom stereocenters. The summed E-state index contributed by atoms with van der Waals surface area (Å²) in [6.45, 7) is 7.92. The molecule has 0 heterocycles. The van der Waals surface area contributed by atoms with Crippen molar-refractivity contribution < 1.29 is 9.84 Å². The minimum Gasteiger partial charge on any atom is -0.508 e. The molecule has 0 aromatic heterocycles. The predicted molar refractivity (Wildman–Crippen MR) is 53.2 cm³/mol. The normalized spacial score (nSPS) is 11.4. The lowest BCUT2D eigenvalue weighted by Gasteiger charge is -2.22. The molecule has 1 aromatic carbocycles. The maximum absolute atomic E-state index is 9.18. The van der Waals surface area contributed by atoms with Gasteiger partial charge >= 0.3 is 0 Å². The number of rotatable bonds is 1. The van der Waals surface area contributed by atoms with Crippen LogP contribution < -0.4 is 4.74 Å². The molecule has 0 radical (unpaired) electrons. The number of hydrogen-bond donors (Lipinski definition) is 1. The van der Waals surface area contributed by atoms with E-state index in [9.17, 15) is 5.11 Å². The van der Waals surface area contributed by atoms with Gasteiger partial charge in [0.15, 0.2) is 0 Å². The van der Waals surface area contributed by atoms with Gasteiger partial charge in [-0.2, -0.15) is 0 Å². The number of benzene rings is 1. The summed E-state index contributed by atoms with van der Waals surface area (Å²) in [5, 5.41) is 9.18. The van der Waals surface area contributed by atoms with Crippen LogP contribution in [0.4, 0.5) is 0 Å². The second-order valence-electron chi connectivity index (χ2n) is 4.16. The van der Waals surface area contributed by atoms with Gasteiger partial charge in [-0.25, -0.2) is 0 Å². The van der Waals surface area contributed by atoms with Crippen molar-refractivity contribution in [3.63, 3.8) is 0 Å². The SMILES string of the molecule is Cc1cc(O)ccc1OC(C)(C)C. The van der Waals surface area contributed by atoms with Gasteiger partial charge in [0.2, 0.25) is 0 Å². The van der Waals surface area contributed by atoms with Crippen LogP contribution >= 0.6 is 0 Å². The van der Waals surface area contributed by atoms with Crippen molar-refractivity contribution in [2.24, 2.45) is 0 Å². The average molecular weight is 180 g/mol. The van der Waals surface area contributed by atoms with Gasteiger partial charge in [0.25, 0.3) is 0 Å². The molecule has 0 fully saturated rings. The second kappa shape index (κ2) is 3.29. The minimum absolute atomic E-state index is 0.193. The highest BCUT2D eigenvalue weighted by Crippen LogP contribution is 2.25. The van der Waals surface area contributed by atoms with Crippen molar-refractivity contribution in [2.45, 2.75) is 33.3 Å². The third kappa shape index (κ3) is 2.98. The highest BCUT2D eigenvalue weighted by molar-refractivity contribution is 5.38. The van der Waals surface area contributed by atoms with Crippen LogP contribution in [-0.4, -0.2) is 10.7 Å². The van der Waals surface area contributed by atoms with Crippen molar-refractivity contribution in [1.82, 2.24) is 0 Å². The quantitative estimate of drug-likeness (QED) is 0.720. The molecule has 1 rings (SSSR count). The van der Waals surface area contributed by atoms with Crippen molar-refractivity contribution in [1.29, 1.82) is 0 Å². The van der Waals surface area contributed by atoms with E-state index in [1.54, 1.807) is 18.2 Å². The van der Waals surface area contributed by atoms with Crippen molar-refractivity contribution in [3.8, 4) is 11.5 Å². The maximum Gasteiger partial charge on any atom is 0.123 e. The summed E-state index contributed by atoms with van der Waals surface area (Å²) in [6.07, 6.45) is 0. The number of aryl methyl sites for hydroxylation is 1. The van der Waals surface area contributed by atoms with E-state index in [0.717, 1.165) is 11.3 Å². The summed E-state index contributed by atoms with van der Waals surface area (Å²) in [5.41, 5.74) is 0.761. The van der Waals surface area contributed by atoms with E-state index in [1.165, 1.54) is 0 Å². The second-order valence-corrected chi connectivity index (χ2v) is 4.16. The smallest absolute Gasteiger partial charge is 0.123 e. The van der Waals surface area contributed by atoms with Crippen LogP contribution in [0.2, 0.25) is 0 Å². The standard InChI is InChI=1S/C11H16O2/c1-8-7-9(12)5-6-10(8)13-11(2,3)4/h5-7,12H,1-4H3. The number of phenols is 1. The fraction of sp³-hybridized carbons (Fsp3) is 0.455. The van der Waals surface area contributed by atoms with Gasteiger partial charge in [0.05, 0.1) is 0 Å². The van der Waals surface area contributed by atoms with Crippen LogP contribution in [0.5, 0.6) is 11.5 Å². The van der Waals surface area contributed by atoms with Crippen molar-refractivity contribution >= 4 is 0 Å². The lowest BCUT2D eigenvalue weighted by atomic mass is 10.1. The first-order chi connectivity index (χ1) is 5.88. The lowest BCUT2D eigenvalue weighted by molar-refractivity contribution is 0.129. The van der Waals surface area contributed by atoms with Crippen LogP contribution in [0.15, 0.2) is 18.2 Å². The van der Waals surface area contributed by atoms with Gasteiger partial charge in [-0.05, 0) is 51.5 Å². The van der Waals surface area contributed by atoms with Gasteiger partial charge in [-0.15, -0.1) is 0 Å². The molecule has 13 heavy (non-hydrogen) atoms. The molecule has 0 saturated heterocycles. The first-order valence-corrected chi connectivity index (χ1v) is 4.37. The van der Waals surface area contributed by atoms with Crippen LogP contribution in [0, 0.1) is 6.92 Å². The Morgan fingerprint density at radius 1 is 1.23 bits per heavy atom. The Balaban J connectivity index is 2.90. The summed E-state index contributed by atoms with van der Waals surface area (Å²) < 4.78 is 5.68. The van der Waals surface area contributed by atoms with Crippen molar-refractivity contribution in [2.75, 3.05) is 0 Å². The van der Waals surface area contributed by atoms with E-state index in [4.69, 9.17) is 4.74 Å². The molecule has 1 N–H and O–H groups in total. The minimum atomic E-state index is -0.193. The molecule has 0 bridgehead atoms. The molecular formula is C11H16O2. The Morgan fingerprint density at radius 2 is 1.85 bits per heavy atom. The monoisotopic (exact) mass is 180 g/mol. The zero-order chi connectivity index (χ0) is 10.1. The fourth-order valence-electron chi connectivity index (χ4n) is 1.08. The summed E-state index contributed by atoms with van der Waals surface area (Å²) in [7, 11) is 0.